The van der Waals surface area contributed by atoms with E-state index in [0.717, 1.165) is 62.7 Å². The highest BCUT2D eigenvalue weighted by Crippen LogP contribution is 2.48. The summed E-state index contributed by atoms with van der Waals surface area (Å²) in [5, 5.41) is 0. The van der Waals surface area contributed by atoms with Gasteiger partial charge in [-0.15, -0.1) is 0 Å². The van der Waals surface area contributed by atoms with E-state index in [4.69, 9.17) is 33.2 Å². The first-order chi connectivity index (χ1) is 16.7. The van der Waals surface area contributed by atoms with Crippen LogP contribution in [0.4, 0.5) is 0 Å². The van der Waals surface area contributed by atoms with Gasteiger partial charge in [-0.3, -0.25) is 0 Å². The molecule has 0 amide bonds. The van der Waals surface area contributed by atoms with E-state index < -0.39 is 17.9 Å². The molecule has 5 aliphatic rings. The summed E-state index contributed by atoms with van der Waals surface area (Å²) in [6.45, 7) is 3.64. The maximum Gasteiger partial charge on any atom is 0.190 e. The van der Waals surface area contributed by atoms with Gasteiger partial charge in [-0.1, -0.05) is 25.0 Å². The molecule has 3 aliphatic heterocycles. The lowest BCUT2D eigenvalue weighted by Crippen LogP contribution is -2.45. The molecule has 0 N–H and O–H groups in total. The second kappa shape index (κ2) is 9.68. The molecule has 2 saturated carbocycles. The molecule has 5 atom stereocenters. The van der Waals surface area contributed by atoms with Crippen molar-refractivity contribution in [3.05, 3.63) is 29.8 Å². The van der Waals surface area contributed by atoms with Crippen LogP contribution in [0.25, 0.3) is 0 Å². The average Bonchev–Trinajstić information content (AvgIpc) is 3.51. The largest absolute Gasteiger partial charge is 0.494 e. The SMILES string of the molecule is CCOc1ccc(CO[C@@H]2[C@H]3OC4(CCCCC4)O[C@H]3O[C@@H]2[C@@H]2COC3(CCCCC3)O2)cc1. The zero-order chi connectivity index (χ0) is 23.0. The number of fused-ring (bicyclic) bond motifs is 1. The molecule has 0 unspecified atom stereocenters. The molecule has 3 heterocycles. The minimum atomic E-state index is -0.517. The number of rotatable bonds is 6. The van der Waals surface area contributed by atoms with E-state index in [1.807, 2.05) is 31.2 Å². The van der Waals surface area contributed by atoms with E-state index in [2.05, 4.69) is 0 Å². The summed E-state index contributed by atoms with van der Waals surface area (Å²) in [5.74, 6) is -0.0956. The highest BCUT2D eigenvalue weighted by molar-refractivity contribution is 5.26. The number of hydrogen-bond acceptors (Lipinski definition) is 7. The maximum absolute atomic E-state index is 6.60. The fourth-order valence-corrected chi connectivity index (χ4v) is 6.30. The van der Waals surface area contributed by atoms with Gasteiger partial charge in [-0.25, -0.2) is 0 Å². The predicted octanol–water partition coefficient (Wildman–Crippen LogP) is 4.85. The standard InChI is InChI=1S/C27H38O7/c1-2-28-20-11-9-19(10-12-20)17-29-23-22(21-18-30-26(32-21)13-5-3-6-14-26)31-25-24(23)33-27(34-25)15-7-4-8-16-27/h9-12,21-25H,2-8,13-18H2,1H3/t21-,22+,23-,24+,25+/m0/s1. The Morgan fingerprint density at radius 3 is 2.24 bits per heavy atom. The lowest BCUT2D eigenvalue weighted by Gasteiger charge is -2.35. The molecule has 1 aromatic rings. The number of ether oxygens (including phenoxy) is 7. The quantitative estimate of drug-likeness (QED) is 0.584. The van der Waals surface area contributed by atoms with Crippen LogP contribution >= 0.6 is 0 Å². The third-order valence-electron chi connectivity index (χ3n) is 8.04. The van der Waals surface area contributed by atoms with Gasteiger partial charge in [0.1, 0.15) is 30.2 Å². The topological polar surface area (TPSA) is 64.6 Å². The zero-order valence-corrected chi connectivity index (χ0v) is 20.2. The monoisotopic (exact) mass is 474 g/mol. The van der Waals surface area contributed by atoms with Crippen molar-refractivity contribution in [3.63, 3.8) is 0 Å². The Balaban J connectivity index is 1.17. The van der Waals surface area contributed by atoms with Gasteiger partial charge in [0.05, 0.1) is 19.8 Å². The summed E-state index contributed by atoms with van der Waals surface area (Å²) in [5.41, 5.74) is 1.09. The van der Waals surface area contributed by atoms with Crippen molar-refractivity contribution < 1.29 is 33.2 Å². The molecule has 0 bridgehead atoms. The molecule has 0 radical (unpaired) electrons. The van der Waals surface area contributed by atoms with E-state index in [1.54, 1.807) is 0 Å². The highest BCUT2D eigenvalue weighted by Gasteiger charge is 2.61. The minimum absolute atomic E-state index is 0.177. The molecule has 34 heavy (non-hydrogen) atoms. The van der Waals surface area contributed by atoms with E-state index >= 15 is 0 Å². The highest BCUT2D eigenvalue weighted by atomic mass is 16.9. The van der Waals surface area contributed by atoms with Gasteiger partial charge in [-0.05, 0) is 50.3 Å². The van der Waals surface area contributed by atoms with Crippen LogP contribution in [0.1, 0.15) is 76.7 Å². The summed E-state index contributed by atoms with van der Waals surface area (Å²) in [6, 6.07) is 8.07. The Labute approximate surface area is 202 Å². The summed E-state index contributed by atoms with van der Waals surface area (Å²) >= 11 is 0. The average molecular weight is 475 g/mol. The van der Waals surface area contributed by atoms with Crippen LogP contribution in [0, 0.1) is 0 Å². The van der Waals surface area contributed by atoms with Gasteiger partial charge in [0.25, 0.3) is 0 Å². The molecule has 5 fully saturated rings. The number of benzene rings is 1. The lowest BCUT2D eigenvalue weighted by molar-refractivity contribution is -0.263. The molecule has 2 aliphatic carbocycles. The Bertz CT molecular complexity index is 815. The van der Waals surface area contributed by atoms with Crippen molar-refractivity contribution in [3.8, 4) is 5.75 Å². The molecule has 7 nitrogen and oxygen atoms in total. The maximum atomic E-state index is 6.60. The van der Waals surface area contributed by atoms with E-state index in [9.17, 15) is 0 Å². The Hall–Kier alpha value is -1.22. The summed E-state index contributed by atoms with van der Waals surface area (Å²) in [4.78, 5) is 0. The summed E-state index contributed by atoms with van der Waals surface area (Å²) in [6.07, 6.45) is 9.40. The first-order valence-electron chi connectivity index (χ1n) is 13.3. The fraction of sp³-hybridized carbons (Fsp3) is 0.778. The van der Waals surface area contributed by atoms with Crippen molar-refractivity contribution >= 4 is 0 Å². The Morgan fingerprint density at radius 2 is 1.53 bits per heavy atom. The molecule has 2 spiro atoms. The minimum Gasteiger partial charge on any atom is -0.494 e. The Kier molecular flexibility index (Phi) is 6.60. The van der Waals surface area contributed by atoms with Crippen molar-refractivity contribution in [2.45, 2.75) is 120 Å². The molecule has 3 saturated heterocycles. The first-order valence-corrected chi connectivity index (χ1v) is 13.3. The van der Waals surface area contributed by atoms with Crippen molar-refractivity contribution in [2.24, 2.45) is 0 Å². The molecule has 0 aromatic heterocycles. The molecule has 7 heteroatoms. The Morgan fingerprint density at radius 1 is 0.824 bits per heavy atom. The predicted molar refractivity (Wildman–Crippen MR) is 123 cm³/mol. The van der Waals surface area contributed by atoms with Crippen molar-refractivity contribution in [1.29, 1.82) is 0 Å². The molecular formula is C27H38O7. The lowest BCUT2D eigenvalue weighted by atomic mass is 9.94. The second-order valence-corrected chi connectivity index (χ2v) is 10.4. The third-order valence-corrected chi connectivity index (χ3v) is 8.04. The van der Waals surface area contributed by atoms with Crippen LogP contribution in [0.5, 0.6) is 5.75 Å². The van der Waals surface area contributed by atoms with Gasteiger partial charge < -0.3 is 33.2 Å². The first kappa shape index (κ1) is 23.2. The van der Waals surface area contributed by atoms with E-state index in [-0.39, 0.29) is 24.4 Å². The second-order valence-electron chi connectivity index (χ2n) is 10.4. The van der Waals surface area contributed by atoms with Crippen LogP contribution in [0.15, 0.2) is 24.3 Å². The van der Waals surface area contributed by atoms with E-state index in [1.165, 1.54) is 12.8 Å². The van der Waals surface area contributed by atoms with Crippen LogP contribution in [0.2, 0.25) is 0 Å². The van der Waals surface area contributed by atoms with Gasteiger partial charge in [0.2, 0.25) is 0 Å². The van der Waals surface area contributed by atoms with Gasteiger partial charge >= 0.3 is 0 Å². The van der Waals surface area contributed by atoms with Crippen LogP contribution in [-0.4, -0.2) is 55.5 Å². The van der Waals surface area contributed by atoms with E-state index in [0.29, 0.717) is 19.8 Å². The third kappa shape index (κ3) is 4.51. The van der Waals surface area contributed by atoms with Crippen molar-refractivity contribution in [2.75, 3.05) is 13.2 Å². The normalized spacial score (nSPS) is 36.2. The summed E-state index contributed by atoms with van der Waals surface area (Å²) < 4.78 is 44.4. The van der Waals surface area contributed by atoms with Gasteiger partial charge in [0.15, 0.2) is 17.9 Å². The van der Waals surface area contributed by atoms with Crippen LogP contribution in [-0.2, 0) is 35.0 Å². The summed E-state index contributed by atoms with van der Waals surface area (Å²) in [7, 11) is 0. The molecule has 188 valence electrons. The number of hydrogen-bond donors (Lipinski definition) is 0. The smallest absolute Gasteiger partial charge is 0.190 e. The fourth-order valence-electron chi connectivity index (χ4n) is 6.30. The van der Waals surface area contributed by atoms with Crippen LogP contribution in [0.3, 0.4) is 0 Å². The molecular weight excluding hydrogens is 436 g/mol. The van der Waals surface area contributed by atoms with Gasteiger partial charge in [-0.2, -0.15) is 0 Å². The molecule has 1 aromatic carbocycles. The molecule has 6 rings (SSSR count). The van der Waals surface area contributed by atoms with Gasteiger partial charge in [0, 0.05) is 25.7 Å². The van der Waals surface area contributed by atoms with Crippen molar-refractivity contribution in [1.82, 2.24) is 0 Å². The zero-order valence-electron chi connectivity index (χ0n) is 20.2. The van der Waals surface area contributed by atoms with Crippen LogP contribution < -0.4 is 4.74 Å².